The van der Waals surface area contributed by atoms with Crippen LogP contribution in [-0.2, 0) is 35.5 Å². The molecule has 4 aromatic rings. The number of hydrogen-bond acceptors (Lipinski definition) is 4. The van der Waals surface area contributed by atoms with E-state index in [-0.39, 0.29) is 25.0 Å². The second-order valence-electron chi connectivity index (χ2n) is 9.42. The minimum absolute atomic E-state index is 0.139. The molecule has 0 saturated heterocycles. The second-order valence-corrected chi connectivity index (χ2v) is 9.86. The monoisotopic (exact) mass is 540 g/mol. The maximum absolute atomic E-state index is 13.8. The molecular formula is C32H29ClN2O4. The molecule has 1 N–H and O–H groups in total. The second kappa shape index (κ2) is 12.5. The van der Waals surface area contributed by atoms with Crippen molar-refractivity contribution in [3.8, 4) is 11.5 Å². The molecule has 0 spiro atoms. The number of fused-ring (bicyclic) bond motifs is 1. The number of hydrogen-bond donors (Lipinski definition) is 1. The van der Waals surface area contributed by atoms with Crippen molar-refractivity contribution in [3.63, 3.8) is 0 Å². The highest BCUT2D eigenvalue weighted by molar-refractivity contribution is 6.30. The lowest BCUT2D eigenvalue weighted by atomic mass is 10.0. The Balaban J connectivity index is 1.41. The van der Waals surface area contributed by atoms with Crippen molar-refractivity contribution >= 4 is 23.4 Å². The number of carbonyl (C=O) groups is 2. The summed E-state index contributed by atoms with van der Waals surface area (Å²) < 4.78 is 10.9. The van der Waals surface area contributed by atoms with Gasteiger partial charge in [-0.05, 0) is 46.5 Å². The molecule has 7 heteroatoms. The molecule has 0 saturated carbocycles. The smallest absolute Gasteiger partial charge is 0.243 e. The lowest BCUT2D eigenvalue weighted by molar-refractivity contribution is -0.140. The van der Waals surface area contributed by atoms with Crippen LogP contribution in [0.3, 0.4) is 0 Å². The molecule has 0 radical (unpaired) electrons. The number of ether oxygens (including phenoxy) is 2. The number of amides is 2. The van der Waals surface area contributed by atoms with Gasteiger partial charge in [0.25, 0.3) is 0 Å². The van der Waals surface area contributed by atoms with Crippen molar-refractivity contribution < 1.29 is 19.1 Å². The standard InChI is InChI=1S/C32H29ClN2O4/c33-27-14-11-24(12-15-27)19-31(36)35(21-25-9-5-2-6-10-25)28(17-23-7-3-1-4-8-23)32(37)34-20-26-13-16-29-30(18-26)39-22-38-29/h1-16,18,28H,17,19-22H2,(H,34,37)/t28-/m1/s1. The summed E-state index contributed by atoms with van der Waals surface area (Å²) >= 11 is 6.05. The van der Waals surface area contributed by atoms with E-state index in [0.29, 0.717) is 36.0 Å². The summed E-state index contributed by atoms with van der Waals surface area (Å²) in [6.07, 6.45) is 0.539. The van der Waals surface area contributed by atoms with E-state index in [2.05, 4.69) is 5.32 Å². The number of carbonyl (C=O) groups excluding carboxylic acids is 2. The number of nitrogens with zero attached hydrogens (tertiary/aromatic N) is 1. The van der Waals surface area contributed by atoms with Gasteiger partial charge in [-0.25, -0.2) is 0 Å². The van der Waals surface area contributed by atoms with Gasteiger partial charge in [-0.1, -0.05) is 90.5 Å². The number of nitrogens with one attached hydrogen (secondary N) is 1. The molecule has 0 fully saturated rings. The number of halogens is 1. The SMILES string of the molecule is O=C(NCc1ccc2c(c1)OCO2)[C@@H](Cc1ccccc1)N(Cc1ccccc1)C(=O)Cc1ccc(Cl)cc1. The Bertz CT molecular complexity index is 1410. The lowest BCUT2D eigenvalue weighted by Crippen LogP contribution is -2.50. The van der Waals surface area contributed by atoms with Crippen molar-refractivity contribution in [1.29, 1.82) is 0 Å². The Morgan fingerprint density at radius 1 is 0.769 bits per heavy atom. The predicted octanol–water partition coefficient (Wildman–Crippen LogP) is 5.57. The van der Waals surface area contributed by atoms with Crippen LogP contribution in [-0.4, -0.2) is 29.5 Å². The van der Waals surface area contributed by atoms with E-state index in [1.807, 2.05) is 91.0 Å². The molecule has 0 aliphatic carbocycles. The molecule has 198 valence electrons. The van der Waals surface area contributed by atoms with E-state index in [0.717, 1.165) is 22.3 Å². The first-order valence-corrected chi connectivity index (χ1v) is 13.2. The zero-order chi connectivity index (χ0) is 27.0. The van der Waals surface area contributed by atoms with Crippen LogP contribution in [0.15, 0.2) is 103 Å². The Morgan fingerprint density at radius 2 is 1.41 bits per heavy atom. The normalized spacial score (nSPS) is 12.5. The van der Waals surface area contributed by atoms with Crippen LogP contribution in [0.5, 0.6) is 11.5 Å². The summed E-state index contributed by atoms with van der Waals surface area (Å²) in [5, 5.41) is 3.66. The summed E-state index contributed by atoms with van der Waals surface area (Å²) in [6, 6.07) is 31.6. The van der Waals surface area contributed by atoms with E-state index in [1.165, 1.54) is 0 Å². The first-order chi connectivity index (χ1) is 19.0. The molecule has 1 heterocycles. The van der Waals surface area contributed by atoms with Crippen LogP contribution < -0.4 is 14.8 Å². The fraction of sp³-hybridized carbons (Fsp3) is 0.188. The van der Waals surface area contributed by atoms with Gasteiger partial charge in [0.15, 0.2) is 11.5 Å². The van der Waals surface area contributed by atoms with Crippen LogP contribution in [0, 0.1) is 0 Å². The van der Waals surface area contributed by atoms with Gasteiger partial charge in [-0.3, -0.25) is 9.59 Å². The lowest BCUT2D eigenvalue weighted by Gasteiger charge is -2.31. The Labute approximate surface area is 233 Å². The largest absolute Gasteiger partial charge is 0.454 e. The van der Waals surface area contributed by atoms with E-state index in [1.54, 1.807) is 17.0 Å². The van der Waals surface area contributed by atoms with Crippen molar-refractivity contribution in [3.05, 3.63) is 130 Å². The molecule has 1 aliphatic rings. The van der Waals surface area contributed by atoms with Gasteiger partial charge in [0.05, 0.1) is 6.42 Å². The van der Waals surface area contributed by atoms with Gasteiger partial charge in [0.1, 0.15) is 6.04 Å². The summed E-state index contributed by atoms with van der Waals surface area (Å²) in [4.78, 5) is 29.3. The maximum Gasteiger partial charge on any atom is 0.243 e. The molecule has 0 aromatic heterocycles. The Kier molecular flexibility index (Phi) is 8.44. The summed E-state index contributed by atoms with van der Waals surface area (Å²) in [5.41, 5.74) is 3.64. The quantitative estimate of drug-likeness (QED) is 0.286. The molecule has 0 unspecified atom stereocenters. The van der Waals surface area contributed by atoms with Crippen molar-refractivity contribution in [2.45, 2.75) is 32.0 Å². The topological polar surface area (TPSA) is 67.9 Å². The molecule has 1 atom stereocenters. The molecular weight excluding hydrogens is 512 g/mol. The van der Waals surface area contributed by atoms with Crippen LogP contribution in [0.4, 0.5) is 0 Å². The molecule has 6 nitrogen and oxygen atoms in total. The van der Waals surface area contributed by atoms with E-state index < -0.39 is 6.04 Å². The third kappa shape index (κ3) is 6.98. The predicted molar refractivity (Wildman–Crippen MR) is 150 cm³/mol. The Hall–Kier alpha value is -4.29. The molecule has 0 bridgehead atoms. The first-order valence-electron chi connectivity index (χ1n) is 12.8. The Morgan fingerprint density at radius 3 is 2.13 bits per heavy atom. The molecule has 39 heavy (non-hydrogen) atoms. The van der Waals surface area contributed by atoms with Gasteiger partial charge in [-0.2, -0.15) is 0 Å². The maximum atomic E-state index is 13.8. The molecule has 4 aromatic carbocycles. The third-order valence-electron chi connectivity index (χ3n) is 6.64. The summed E-state index contributed by atoms with van der Waals surface area (Å²) in [7, 11) is 0. The number of benzene rings is 4. The third-order valence-corrected chi connectivity index (χ3v) is 6.89. The first kappa shape index (κ1) is 26.3. The minimum atomic E-state index is -0.721. The van der Waals surface area contributed by atoms with Crippen LogP contribution >= 0.6 is 11.6 Å². The van der Waals surface area contributed by atoms with Gasteiger partial charge < -0.3 is 19.7 Å². The van der Waals surface area contributed by atoms with Crippen molar-refractivity contribution in [2.24, 2.45) is 0 Å². The average molecular weight is 541 g/mol. The van der Waals surface area contributed by atoms with Gasteiger partial charge >= 0.3 is 0 Å². The van der Waals surface area contributed by atoms with Crippen LogP contribution in [0.2, 0.25) is 5.02 Å². The van der Waals surface area contributed by atoms with Gasteiger partial charge in [-0.15, -0.1) is 0 Å². The zero-order valence-corrected chi connectivity index (χ0v) is 22.1. The highest BCUT2D eigenvalue weighted by Gasteiger charge is 2.30. The average Bonchev–Trinajstić information content (AvgIpc) is 3.44. The van der Waals surface area contributed by atoms with Crippen LogP contribution in [0.25, 0.3) is 0 Å². The van der Waals surface area contributed by atoms with Crippen LogP contribution in [0.1, 0.15) is 22.3 Å². The fourth-order valence-electron chi connectivity index (χ4n) is 4.57. The fourth-order valence-corrected chi connectivity index (χ4v) is 4.70. The van der Waals surface area contributed by atoms with Crippen molar-refractivity contribution in [2.75, 3.05) is 6.79 Å². The van der Waals surface area contributed by atoms with E-state index in [9.17, 15) is 9.59 Å². The zero-order valence-electron chi connectivity index (χ0n) is 21.4. The highest BCUT2D eigenvalue weighted by Crippen LogP contribution is 2.32. The van der Waals surface area contributed by atoms with Gasteiger partial charge in [0, 0.05) is 24.5 Å². The molecule has 1 aliphatic heterocycles. The molecule has 2 amide bonds. The summed E-state index contributed by atoms with van der Waals surface area (Å²) in [6.45, 7) is 0.794. The molecule has 5 rings (SSSR count). The van der Waals surface area contributed by atoms with Crippen molar-refractivity contribution in [1.82, 2.24) is 10.2 Å². The number of rotatable bonds is 10. The minimum Gasteiger partial charge on any atom is -0.454 e. The highest BCUT2D eigenvalue weighted by atomic mass is 35.5. The summed E-state index contributed by atoms with van der Waals surface area (Å²) in [5.74, 6) is 0.984. The van der Waals surface area contributed by atoms with E-state index in [4.69, 9.17) is 21.1 Å². The van der Waals surface area contributed by atoms with Gasteiger partial charge in [0.2, 0.25) is 18.6 Å². The van der Waals surface area contributed by atoms with E-state index >= 15 is 0 Å².